The van der Waals surface area contributed by atoms with Gasteiger partial charge in [-0.05, 0) is 81.3 Å². The van der Waals surface area contributed by atoms with E-state index in [1.54, 1.807) is 62.6 Å². The summed E-state index contributed by atoms with van der Waals surface area (Å²) < 4.78 is 50.9. The maximum atomic E-state index is 14.2. The van der Waals surface area contributed by atoms with Crippen LogP contribution in [0.1, 0.15) is 39.7 Å². The second-order valence-corrected chi connectivity index (χ2v) is 12.2. The Kier molecular flexibility index (Phi) is 12.5. The fraction of sp³-hybridized carbons (Fsp3) is 0.394. The minimum absolute atomic E-state index is 0.0610. The Labute approximate surface area is 266 Å². The average Bonchev–Trinajstić information content (AvgIpc) is 3.05. The van der Waals surface area contributed by atoms with E-state index in [9.17, 15) is 18.0 Å². The molecule has 2 amide bonds. The fourth-order valence-corrected chi connectivity index (χ4v) is 5.91. The molecule has 0 aromatic heterocycles. The van der Waals surface area contributed by atoms with Gasteiger partial charge in [-0.15, -0.1) is 0 Å². The first-order chi connectivity index (χ1) is 21.5. The van der Waals surface area contributed by atoms with Crippen LogP contribution in [0.5, 0.6) is 23.0 Å². The standard InChI is InChI=1S/C33H43N3O8S/c1-8-23(3)34-33(38)24(4)35(21-25-10-14-27(41-5)15-11-25)32(37)22-36(26-12-16-28(17-13-26)44-9-2)45(39,40)29-18-19-30(42-6)31(20-29)43-7/h10-20,23-24H,8-9,21-22H2,1-7H3,(H,34,38)/t23-,24+/m0/s1. The van der Waals surface area contributed by atoms with Crippen molar-refractivity contribution < 1.29 is 37.0 Å². The van der Waals surface area contributed by atoms with Crippen LogP contribution in [-0.2, 0) is 26.2 Å². The molecule has 0 fully saturated rings. The van der Waals surface area contributed by atoms with Gasteiger partial charge in [0.15, 0.2) is 11.5 Å². The summed E-state index contributed by atoms with van der Waals surface area (Å²) in [7, 11) is 0.0912. The first-order valence-electron chi connectivity index (χ1n) is 14.7. The van der Waals surface area contributed by atoms with E-state index in [1.165, 1.54) is 37.3 Å². The molecule has 0 aliphatic rings. The molecule has 3 aromatic rings. The molecule has 0 bridgehead atoms. The number of nitrogens with zero attached hydrogens (tertiary/aromatic N) is 2. The number of sulfonamides is 1. The molecule has 12 heteroatoms. The van der Waals surface area contributed by atoms with Gasteiger partial charge in [0.1, 0.15) is 24.1 Å². The Balaban J connectivity index is 2.07. The van der Waals surface area contributed by atoms with Crippen LogP contribution in [0, 0.1) is 0 Å². The third-order valence-electron chi connectivity index (χ3n) is 7.34. The highest BCUT2D eigenvalue weighted by molar-refractivity contribution is 7.92. The number of carbonyl (C=O) groups is 2. The van der Waals surface area contributed by atoms with Crippen molar-refractivity contribution in [2.45, 2.75) is 57.6 Å². The van der Waals surface area contributed by atoms with Crippen molar-refractivity contribution in [3.8, 4) is 23.0 Å². The summed E-state index contributed by atoms with van der Waals surface area (Å²) in [4.78, 5) is 28.7. The van der Waals surface area contributed by atoms with E-state index < -0.39 is 28.5 Å². The van der Waals surface area contributed by atoms with E-state index in [1.807, 2.05) is 20.8 Å². The number of amides is 2. The molecule has 244 valence electrons. The summed E-state index contributed by atoms with van der Waals surface area (Å²) in [5.74, 6) is 0.839. The molecule has 0 aliphatic carbocycles. The number of anilines is 1. The third kappa shape index (κ3) is 8.81. The highest BCUT2D eigenvalue weighted by Gasteiger charge is 2.33. The van der Waals surface area contributed by atoms with E-state index in [-0.39, 0.29) is 34.8 Å². The van der Waals surface area contributed by atoms with Crippen molar-refractivity contribution in [3.05, 3.63) is 72.3 Å². The van der Waals surface area contributed by atoms with E-state index >= 15 is 0 Å². The topological polar surface area (TPSA) is 124 Å². The average molecular weight is 642 g/mol. The highest BCUT2D eigenvalue weighted by Crippen LogP contribution is 2.33. The molecule has 0 spiro atoms. The van der Waals surface area contributed by atoms with Gasteiger partial charge in [0.05, 0.1) is 38.5 Å². The normalized spacial score (nSPS) is 12.4. The molecular formula is C33H43N3O8S. The van der Waals surface area contributed by atoms with Crippen molar-refractivity contribution in [1.29, 1.82) is 0 Å². The molecule has 11 nitrogen and oxygen atoms in total. The number of carbonyl (C=O) groups excluding carboxylic acids is 2. The first kappa shape index (κ1) is 35.0. The van der Waals surface area contributed by atoms with Gasteiger partial charge in [-0.25, -0.2) is 8.42 Å². The molecule has 2 atom stereocenters. The Hall–Kier alpha value is -4.45. The molecular weight excluding hydrogens is 598 g/mol. The quantitative estimate of drug-likeness (QED) is 0.240. The number of benzene rings is 3. The van der Waals surface area contributed by atoms with Gasteiger partial charge in [0.2, 0.25) is 11.8 Å². The predicted molar refractivity (Wildman–Crippen MR) is 173 cm³/mol. The molecule has 0 unspecified atom stereocenters. The Bertz CT molecular complexity index is 1530. The highest BCUT2D eigenvalue weighted by atomic mass is 32.2. The van der Waals surface area contributed by atoms with Crippen LogP contribution in [0.15, 0.2) is 71.6 Å². The van der Waals surface area contributed by atoms with Gasteiger partial charge >= 0.3 is 0 Å². The lowest BCUT2D eigenvalue weighted by Crippen LogP contribution is -2.52. The number of hydrogen-bond acceptors (Lipinski definition) is 8. The maximum Gasteiger partial charge on any atom is 0.264 e. The third-order valence-corrected chi connectivity index (χ3v) is 9.11. The van der Waals surface area contributed by atoms with Crippen molar-refractivity contribution in [1.82, 2.24) is 10.2 Å². The molecule has 0 saturated heterocycles. The number of hydrogen-bond donors (Lipinski definition) is 1. The van der Waals surface area contributed by atoms with Gasteiger partial charge in [-0.2, -0.15) is 0 Å². The lowest BCUT2D eigenvalue weighted by atomic mass is 10.1. The Morgan fingerprint density at radius 1 is 0.822 bits per heavy atom. The number of methoxy groups -OCH3 is 3. The fourth-order valence-electron chi connectivity index (χ4n) is 4.48. The molecule has 0 heterocycles. The van der Waals surface area contributed by atoms with Gasteiger partial charge in [-0.1, -0.05) is 19.1 Å². The van der Waals surface area contributed by atoms with Crippen molar-refractivity contribution in [2.24, 2.45) is 0 Å². The van der Waals surface area contributed by atoms with Crippen molar-refractivity contribution >= 4 is 27.5 Å². The van der Waals surface area contributed by atoms with Crippen LogP contribution >= 0.6 is 0 Å². The van der Waals surface area contributed by atoms with E-state index in [0.717, 1.165) is 9.87 Å². The zero-order chi connectivity index (χ0) is 33.1. The van der Waals surface area contributed by atoms with Gasteiger partial charge in [0, 0.05) is 18.7 Å². The zero-order valence-corrected chi connectivity index (χ0v) is 27.7. The summed E-state index contributed by atoms with van der Waals surface area (Å²) in [6, 6.07) is 16.7. The van der Waals surface area contributed by atoms with Crippen molar-refractivity contribution in [2.75, 3.05) is 38.8 Å². The molecule has 0 saturated carbocycles. The number of ether oxygens (including phenoxy) is 4. The SMILES string of the molecule is CCOc1ccc(N(CC(=O)N(Cc2ccc(OC)cc2)[C@H](C)C(=O)N[C@@H](C)CC)S(=O)(=O)c2ccc(OC)c(OC)c2)cc1. The molecule has 0 aliphatic heterocycles. The van der Waals surface area contributed by atoms with Crippen LogP contribution in [0.4, 0.5) is 5.69 Å². The van der Waals surface area contributed by atoms with Crippen LogP contribution in [0.25, 0.3) is 0 Å². The van der Waals surface area contributed by atoms with E-state index in [4.69, 9.17) is 18.9 Å². The summed E-state index contributed by atoms with van der Waals surface area (Å²) in [6.45, 7) is 7.21. The monoisotopic (exact) mass is 641 g/mol. The van der Waals surface area contributed by atoms with Gasteiger partial charge in [-0.3, -0.25) is 13.9 Å². The van der Waals surface area contributed by atoms with Crippen LogP contribution in [0.2, 0.25) is 0 Å². The smallest absolute Gasteiger partial charge is 0.264 e. The van der Waals surface area contributed by atoms with E-state index in [0.29, 0.717) is 30.3 Å². The predicted octanol–water partition coefficient (Wildman–Crippen LogP) is 4.64. The lowest BCUT2D eigenvalue weighted by molar-refractivity contribution is -0.139. The molecule has 0 radical (unpaired) electrons. The first-order valence-corrected chi connectivity index (χ1v) is 16.1. The van der Waals surface area contributed by atoms with Crippen molar-refractivity contribution in [3.63, 3.8) is 0 Å². The molecule has 3 aromatic carbocycles. The van der Waals surface area contributed by atoms with Gasteiger partial charge < -0.3 is 29.2 Å². The van der Waals surface area contributed by atoms with Crippen LogP contribution in [0.3, 0.4) is 0 Å². The Morgan fingerprint density at radius 2 is 1.44 bits per heavy atom. The summed E-state index contributed by atoms with van der Waals surface area (Å²) >= 11 is 0. The maximum absolute atomic E-state index is 14.2. The minimum Gasteiger partial charge on any atom is -0.497 e. The zero-order valence-electron chi connectivity index (χ0n) is 26.9. The summed E-state index contributed by atoms with van der Waals surface area (Å²) in [6.07, 6.45) is 0.708. The summed E-state index contributed by atoms with van der Waals surface area (Å²) in [5.41, 5.74) is 0.977. The van der Waals surface area contributed by atoms with Crippen LogP contribution in [-0.4, -0.2) is 71.7 Å². The molecule has 45 heavy (non-hydrogen) atoms. The second-order valence-electron chi connectivity index (χ2n) is 10.3. The number of rotatable bonds is 16. The van der Waals surface area contributed by atoms with Gasteiger partial charge in [0.25, 0.3) is 10.0 Å². The molecule has 1 N–H and O–H groups in total. The van der Waals surface area contributed by atoms with Crippen LogP contribution < -0.4 is 28.6 Å². The Morgan fingerprint density at radius 3 is 2.00 bits per heavy atom. The largest absolute Gasteiger partial charge is 0.497 e. The summed E-state index contributed by atoms with van der Waals surface area (Å²) in [5, 5.41) is 2.93. The second kappa shape index (κ2) is 16.0. The number of nitrogens with one attached hydrogen (secondary N) is 1. The molecule has 3 rings (SSSR count). The minimum atomic E-state index is -4.32. The lowest BCUT2D eigenvalue weighted by Gasteiger charge is -2.32. The van der Waals surface area contributed by atoms with E-state index in [2.05, 4.69) is 5.32 Å².